The summed E-state index contributed by atoms with van der Waals surface area (Å²) < 4.78 is 10.4. The molecule has 0 aliphatic rings. The van der Waals surface area contributed by atoms with Crippen LogP contribution in [0.4, 0.5) is 0 Å². The van der Waals surface area contributed by atoms with E-state index in [1.54, 1.807) is 21.1 Å². The van der Waals surface area contributed by atoms with Crippen LogP contribution >= 0.6 is 0 Å². The first kappa shape index (κ1) is 12.6. The molecule has 0 aliphatic carbocycles. The first-order chi connectivity index (χ1) is 7.63. The Bertz CT molecular complexity index is 371. The molecule has 0 amide bonds. The normalized spacial score (nSPS) is 12.0. The number of carbonyl (C=O) groups is 1. The fraction of sp³-hybridized carbons (Fsp3) is 0.462. The van der Waals surface area contributed by atoms with Gasteiger partial charge in [0.2, 0.25) is 0 Å². The Morgan fingerprint density at radius 2 is 1.88 bits per heavy atom. The van der Waals surface area contributed by atoms with Crippen molar-refractivity contribution in [2.75, 3.05) is 14.2 Å². The van der Waals surface area contributed by atoms with Crippen molar-refractivity contribution in [3.05, 3.63) is 23.8 Å². The molecule has 1 atom stereocenters. The van der Waals surface area contributed by atoms with E-state index in [0.717, 1.165) is 12.0 Å². The van der Waals surface area contributed by atoms with Crippen LogP contribution in [0.15, 0.2) is 18.2 Å². The van der Waals surface area contributed by atoms with E-state index >= 15 is 0 Å². The first-order valence-corrected chi connectivity index (χ1v) is 5.36. The molecule has 0 spiro atoms. The van der Waals surface area contributed by atoms with Crippen molar-refractivity contribution in [3.63, 3.8) is 0 Å². The number of methoxy groups -OCH3 is 2. The van der Waals surface area contributed by atoms with Crippen molar-refractivity contribution < 1.29 is 14.3 Å². The summed E-state index contributed by atoms with van der Waals surface area (Å²) in [5.74, 6) is 1.47. The van der Waals surface area contributed by atoms with Crippen molar-refractivity contribution in [2.45, 2.75) is 26.2 Å². The third kappa shape index (κ3) is 2.54. The van der Waals surface area contributed by atoms with E-state index in [4.69, 9.17) is 9.47 Å². The van der Waals surface area contributed by atoms with Gasteiger partial charge in [0.25, 0.3) is 0 Å². The van der Waals surface area contributed by atoms with Gasteiger partial charge in [0.1, 0.15) is 5.78 Å². The van der Waals surface area contributed by atoms with Crippen molar-refractivity contribution in [1.29, 1.82) is 0 Å². The predicted octanol–water partition coefficient (Wildman–Crippen LogP) is 2.79. The summed E-state index contributed by atoms with van der Waals surface area (Å²) in [5, 5.41) is 0. The van der Waals surface area contributed by atoms with Gasteiger partial charge >= 0.3 is 0 Å². The molecule has 1 aromatic carbocycles. The van der Waals surface area contributed by atoms with E-state index in [1.807, 2.05) is 25.1 Å². The largest absolute Gasteiger partial charge is 0.493 e. The zero-order valence-corrected chi connectivity index (χ0v) is 10.2. The maximum absolute atomic E-state index is 11.5. The van der Waals surface area contributed by atoms with E-state index < -0.39 is 0 Å². The Morgan fingerprint density at radius 3 is 2.31 bits per heavy atom. The highest BCUT2D eigenvalue weighted by Gasteiger charge is 2.16. The molecule has 0 aliphatic heterocycles. The Hall–Kier alpha value is -1.51. The molecule has 3 nitrogen and oxygen atoms in total. The minimum Gasteiger partial charge on any atom is -0.493 e. The molecule has 0 bridgehead atoms. The van der Waals surface area contributed by atoms with Crippen LogP contribution in [0.3, 0.4) is 0 Å². The number of Topliss-reactive ketones (excluding diaryl/α,β-unsaturated/α-hetero) is 1. The Balaban J connectivity index is 3.11. The van der Waals surface area contributed by atoms with Gasteiger partial charge in [-0.25, -0.2) is 0 Å². The van der Waals surface area contributed by atoms with Crippen LogP contribution in [0.1, 0.15) is 31.7 Å². The van der Waals surface area contributed by atoms with E-state index in [1.165, 1.54) is 0 Å². The average Bonchev–Trinajstić information content (AvgIpc) is 2.29. The van der Waals surface area contributed by atoms with Gasteiger partial charge in [-0.1, -0.05) is 13.0 Å². The smallest absolute Gasteiger partial charge is 0.161 e. The number of ketones is 1. The fourth-order valence-electron chi connectivity index (χ4n) is 1.83. The minimum atomic E-state index is -0.0557. The van der Waals surface area contributed by atoms with Gasteiger partial charge in [0, 0.05) is 5.92 Å². The van der Waals surface area contributed by atoms with Crippen molar-refractivity contribution in [1.82, 2.24) is 0 Å². The lowest BCUT2D eigenvalue weighted by atomic mass is 9.93. The molecule has 0 N–H and O–H groups in total. The second-order valence-electron chi connectivity index (χ2n) is 3.69. The highest BCUT2D eigenvalue weighted by atomic mass is 16.5. The summed E-state index contributed by atoms with van der Waals surface area (Å²) in [6.07, 6.45) is 0.796. The first-order valence-electron chi connectivity index (χ1n) is 5.36. The van der Waals surface area contributed by atoms with Crippen LogP contribution in [0.2, 0.25) is 0 Å². The topological polar surface area (TPSA) is 35.5 Å². The molecular weight excluding hydrogens is 204 g/mol. The lowest BCUT2D eigenvalue weighted by Crippen LogP contribution is -2.07. The lowest BCUT2D eigenvalue weighted by Gasteiger charge is -2.14. The molecular formula is C13H18O3. The molecule has 1 aromatic rings. The zero-order chi connectivity index (χ0) is 12.1. The third-order valence-electron chi connectivity index (χ3n) is 2.71. The third-order valence-corrected chi connectivity index (χ3v) is 2.71. The molecule has 0 fully saturated rings. The van der Waals surface area contributed by atoms with Gasteiger partial charge in [0.05, 0.1) is 14.2 Å². The molecule has 0 aromatic heterocycles. The Kier molecular flexibility index (Phi) is 4.35. The summed E-state index contributed by atoms with van der Waals surface area (Å²) in [4.78, 5) is 11.5. The van der Waals surface area contributed by atoms with Crippen LogP contribution in [0, 0.1) is 0 Å². The maximum atomic E-state index is 11.5. The SMILES string of the molecule is CC[C@H](C(C)=O)c1ccc(OC)c(OC)c1. The summed E-state index contributed by atoms with van der Waals surface area (Å²) in [5.41, 5.74) is 0.979. The summed E-state index contributed by atoms with van der Waals surface area (Å²) >= 11 is 0. The average molecular weight is 222 g/mol. The molecule has 0 radical (unpaired) electrons. The Morgan fingerprint density at radius 1 is 1.25 bits per heavy atom. The van der Waals surface area contributed by atoms with Crippen LogP contribution in [-0.4, -0.2) is 20.0 Å². The minimum absolute atomic E-state index is 0.0557. The Labute approximate surface area is 96.4 Å². The molecule has 3 heteroatoms. The standard InChI is InChI=1S/C13H18O3/c1-5-11(9(2)14)10-6-7-12(15-3)13(8-10)16-4/h6-8,11H,5H2,1-4H3/t11-/m1/s1. The van der Waals surface area contributed by atoms with Crippen LogP contribution < -0.4 is 9.47 Å². The van der Waals surface area contributed by atoms with E-state index in [0.29, 0.717) is 11.5 Å². The van der Waals surface area contributed by atoms with Crippen molar-refractivity contribution in [2.24, 2.45) is 0 Å². The van der Waals surface area contributed by atoms with Gasteiger partial charge in [-0.3, -0.25) is 4.79 Å². The number of ether oxygens (including phenoxy) is 2. The summed E-state index contributed by atoms with van der Waals surface area (Å²) in [6.45, 7) is 3.62. The molecule has 0 unspecified atom stereocenters. The van der Waals surface area contributed by atoms with Crippen LogP contribution in [-0.2, 0) is 4.79 Å². The second kappa shape index (κ2) is 5.54. The number of hydrogen-bond donors (Lipinski definition) is 0. The summed E-state index contributed by atoms with van der Waals surface area (Å²) in [7, 11) is 3.19. The molecule has 88 valence electrons. The van der Waals surface area contributed by atoms with Gasteiger partial charge in [-0.05, 0) is 31.0 Å². The van der Waals surface area contributed by atoms with Crippen molar-refractivity contribution in [3.8, 4) is 11.5 Å². The summed E-state index contributed by atoms with van der Waals surface area (Å²) in [6, 6.07) is 5.62. The quantitative estimate of drug-likeness (QED) is 0.768. The fourth-order valence-corrected chi connectivity index (χ4v) is 1.83. The maximum Gasteiger partial charge on any atom is 0.161 e. The van der Waals surface area contributed by atoms with Crippen LogP contribution in [0.25, 0.3) is 0 Å². The van der Waals surface area contributed by atoms with Crippen LogP contribution in [0.5, 0.6) is 11.5 Å². The van der Waals surface area contributed by atoms with Gasteiger partial charge in [-0.2, -0.15) is 0 Å². The van der Waals surface area contributed by atoms with Gasteiger partial charge < -0.3 is 9.47 Å². The molecule has 1 rings (SSSR count). The van der Waals surface area contributed by atoms with Gasteiger partial charge in [-0.15, -0.1) is 0 Å². The molecule has 16 heavy (non-hydrogen) atoms. The monoisotopic (exact) mass is 222 g/mol. The second-order valence-corrected chi connectivity index (χ2v) is 3.69. The highest BCUT2D eigenvalue weighted by Crippen LogP contribution is 2.31. The lowest BCUT2D eigenvalue weighted by molar-refractivity contribution is -0.118. The van der Waals surface area contributed by atoms with Crippen molar-refractivity contribution >= 4 is 5.78 Å². The number of carbonyl (C=O) groups excluding carboxylic acids is 1. The van der Waals surface area contributed by atoms with E-state index in [-0.39, 0.29) is 11.7 Å². The molecule has 0 saturated carbocycles. The van der Waals surface area contributed by atoms with Gasteiger partial charge in [0.15, 0.2) is 11.5 Å². The van der Waals surface area contributed by atoms with E-state index in [2.05, 4.69) is 0 Å². The number of hydrogen-bond acceptors (Lipinski definition) is 3. The highest BCUT2D eigenvalue weighted by molar-refractivity contribution is 5.83. The molecule has 0 saturated heterocycles. The number of rotatable bonds is 5. The number of benzene rings is 1. The predicted molar refractivity (Wildman–Crippen MR) is 63.3 cm³/mol. The molecule has 0 heterocycles. The zero-order valence-electron chi connectivity index (χ0n) is 10.2. The van der Waals surface area contributed by atoms with E-state index in [9.17, 15) is 4.79 Å².